The Kier molecular flexibility index (Phi) is 2.83. The third-order valence-corrected chi connectivity index (χ3v) is 2.53. The Balaban J connectivity index is 2.73. The van der Waals surface area contributed by atoms with Crippen molar-refractivity contribution in [1.29, 1.82) is 5.26 Å². The monoisotopic (exact) mass is 244 g/mol. The summed E-state index contributed by atoms with van der Waals surface area (Å²) in [6, 6.07) is 6.99. The first-order chi connectivity index (χ1) is 8.52. The number of fused-ring (bicyclic) bond motifs is 1. The van der Waals surface area contributed by atoms with Crippen molar-refractivity contribution >= 4 is 16.7 Å². The van der Waals surface area contributed by atoms with Crippen molar-refractivity contribution in [2.45, 2.75) is 6.10 Å². The summed E-state index contributed by atoms with van der Waals surface area (Å²) in [5, 5.41) is 27.4. The normalized spacial score (nSPS) is 12.0. The highest BCUT2D eigenvalue weighted by Crippen LogP contribution is 2.16. The van der Waals surface area contributed by atoms with E-state index in [0.717, 1.165) is 0 Å². The summed E-state index contributed by atoms with van der Waals surface area (Å²) in [6.07, 6.45) is -1.45. The maximum absolute atomic E-state index is 11.7. The molecule has 0 aliphatic rings. The molecular formula is C12H8N2O4. The van der Waals surface area contributed by atoms with Crippen molar-refractivity contribution in [3.05, 3.63) is 45.9 Å². The minimum Gasteiger partial charge on any atom is -0.478 e. The number of aromatic amines is 1. The number of nitrogens with one attached hydrogen (secondary N) is 1. The molecule has 0 saturated carbocycles. The summed E-state index contributed by atoms with van der Waals surface area (Å²) in [7, 11) is 0. The van der Waals surface area contributed by atoms with Crippen LogP contribution in [0.5, 0.6) is 0 Å². The van der Waals surface area contributed by atoms with E-state index < -0.39 is 17.6 Å². The molecule has 0 spiro atoms. The molecule has 1 atom stereocenters. The standard InChI is InChI=1S/C12H8N2O4/c13-5-10(15)9-4-7-3-6(12(17)18)1-2-8(7)11(16)14-9/h1-4,10,15H,(H,14,16)(H,17,18). The summed E-state index contributed by atoms with van der Waals surface area (Å²) < 4.78 is 0. The van der Waals surface area contributed by atoms with Gasteiger partial charge in [0.1, 0.15) is 6.07 Å². The van der Waals surface area contributed by atoms with Crippen LogP contribution in [0.1, 0.15) is 22.2 Å². The number of H-pyrrole nitrogens is 1. The number of carbonyl (C=O) groups is 1. The van der Waals surface area contributed by atoms with Crippen molar-refractivity contribution < 1.29 is 15.0 Å². The van der Waals surface area contributed by atoms with Gasteiger partial charge in [-0.3, -0.25) is 4.79 Å². The number of pyridine rings is 1. The summed E-state index contributed by atoms with van der Waals surface area (Å²) >= 11 is 0. The van der Waals surface area contributed by atoms with Crippen molar-refractivity contribution in [3.8, 4) is 6.07 Å². The van der Waals surface area contributed by atoms with Gasteiger partial charge >= 0.3 is 5.97 Å². The van der Waals surface area contributed by atoms with Gasteiger partial charge in [0, 0.05) is 5.39 Å². The lowest BCUT2D eigenvalue weighted by molar-refractivity contribution is 0.0697. The molecule has 3 N–H and O–H groups in total. The maximum atomic E-state index is 11.7. The Labute approximate surface area is 101 Å². The van der Waals surface area contributed by atoms with Crippen LogP contribution in [0.15, 0.2) is 29.1 Å². The number of benzene rings is 1. The van der Waals surface area contributed by atoms with E-state index in [1.165, 1.54) is 24.3 Å². The number of carboxylic acid groups (broad SMARTS) is 1. The molecule has 0 saturated heterocycles. The van der Waals surface area contributed by atoms with E-state index in [1.807, 2.05) is 0 Å². The van der Waals surface area contributed by atoms with E-state index in [4.69, 9.17) is 10.4 Å². The van der Waals surface area contributed by atoms with Crippen LogP contribution < -0.4 is 5.56 Å². The van der Waals surface area contributed by atoms with Gasteiger partial charge in [0.05, 0.1) is 11.3 Å². The number of carboxylic acids is 1. The van der Waals surface area contributed by atoms with Crippen LogP contribution in [0.3, 0.4) is 0 Å². The summed E-state index contributed by atoms with van der Waals surface area (Å²) in [5.41, 5.74) is -0.406. The van der Waals surface area contributed by atoms with E-state index in [2.05, 4.69) is 4.98 Å². The highest BCUT2D eigenvalue weighted by atomic mass is 16.4. The zero-order valence-electron chi connectivity index (χ0n) is 9.04. The zero-order chi connectivity index (χ0) is 13.3. The number of hydrogen-bond donors (Lipinski definition) is 3. The molecule has 90 valence electrons. The van der Waals surface area contributed by atoms with Crippen LogP contribution in [0, 0.1) is 11.3 Å². The predicted molar refractivity (Wildman–Crippen MR) is 62.1 cm³/mol. The molecule has 0 bridgehead atoms. The summed E-state index contributed by atoms with van der Waals surface area (Å²) in [5.74, 6) is -1.11. The second-order valence-corrected chi connectivity index (χ2v) is 3.69. The molecule has 1 unspecified atom stereocenters. The molecule has 1 heterocycles. The molecule has 18 heavy (non-hydrogen) atoms. The second-order valence-electron chi connectivity index (χ2n) is 3.69. The van der Waals surface area contributed by atoms with Crippen molar-refractivity contribution in [2.24, 2.45) is 0 Å². The van der Waals surface area contributed by atoms with Gasteiger partial charge in [-0.15, -0.1) is 0 Å². The van der Waals surface area contributed by atoms with Gasteiger partial charge in [-0.2, -0.15) is 5.26 Å². The van der Waals surface area contributed by atoms with E-state index >= 15 is 0 Å². The molecule has 0 aliphatic heterocycles. The molecule has 0 fully saturated rings. The number of aromatic nitrogens is 1. The third-order valence-electron chi connectivity index (χ3n) is 2.53. The molecule has 2 rings (SSSR count). The van der Waals surface area contributed by atoms with Gasteiger partial charge < -0.3 is 15.2 Å². The average molecular weight is 244 g/mol. The van der Waals surface area contributed by atoms with Gasteiger partial charge in [0.25, 0.3) is 5.56 Å². The molecule has 6 heteroatoms. The zero-order valence-corrected chi connectivity index (χ0v) is 9.04. The summed E-state index contributed by atoms with van der Waals surface area (Å²) in [4.78, 5) is 24.9. The SMILES string of the molecule is N#CC(O)c1cc2cc(C(=O)O)ccc2c(=O)[nH]1. The smallest absolute Gasteiger partial charge is 0.335 e. The molecule has 2 aromatic rings. The molecule has 0 amide bonds. The lowest BCUT2D eigenvalue weighted by atomic mass is 10.1. The Morgan fingerprint density at radius 2 is 2.11 bits per heavy atom. The molecule has 0 aliphatic carbocycles. The Morgan fingerprint density at radius 3 is 2.72 bits per heavy atom. The maximum Gasteiger partial charge on any atom is 0.335 e. The van der Waals surface area contributed by atoms with Crippen LogP contribution in [-0.4, -0.2) is 21.2 Å². The number of nitrogens with zero attached hydrogens (tertiary/aromatic N) is 1. The van der Waals surface area contributed by atoms with E-state index in [0.29, 0.717) is 10.8 Å². The lowest BCUT2D eigenvalue weighted by Crippen LogP contribution is -2.12. The van der Waals surface area contributed by atoms with Crippen molar-refractivity contribution in [3.63, 3.8) is 0 Å². The van der Waals surface area contributed by atoms with Crippen molar-refractivity contribution in [2.75, 3.05) is 0 Å². The largest absolute Gasteiger partial charge is 0.478 e. The van der Waals surface area contributed by atoms with Gasteiger partial charge in [-0.05, 0) is 29.7 Å². The number of aliphatic hydroxyl groups is 1. The Hall–Kier alpha value is -2.65. The van der Waals surface area contributed by atoms with Gasteiger partial charge in [-0.1, -0.05) is 0 Å². The number of aromatic carboxylic acids is 1. The Morgan fingerprint density at radius 1 is 1.39 bits per heavy atom. The van der Waals surface area contributed by atoms with E-state index in [1.54, 1.807) is 6.07 Å². The molecular weight excluding hydrogens is 236 g/mol. The number of hydrogen-bond acceptors (Lipinski definition) is 4. The molecule has 0 radical (unpaired) electrons. The third kappa shape index (κ3) is 1.95. The van der Waals surface area contributed by atoms with Crippen LogP contribution >= 0.6 is 0 Å². The number of nitriles is 1. The minimum absolute atomic E-state index is 0.0329. The van der Waals surface area contributed by atoms with Crippen molar-refractivity contribution in [1.82, 2.24) is 4.98 Å². The summed E-state index contributed by atoms with van der Waals surface area (Å²) in [6.45, 7) is 0. The van der Waals surface area contributed by atoms with E-state index in [-0.39, 0.29) is 11.3 Å². The van der Waals surface area contributed by atoms with Crippen LogP contribution in [0.4, 0.5) is 0 Å². The fourth-order valence-corrected chi connectivity index (χ4v) is 1.64. The first-order valence-corrected chi connectivity index (χ1v) is 5.01. The highest BCUT2D eigenvalue weighted by molar-refractivity contribution is 5.94. The molecule has 6 nitrogen and oxygen atoms in total. The fraction of sp³-hybridized carbons (Fsp3) is 0.0833. The van der Waals surface area contributed by atoms with Crippen LogP contribution in [-0.2, 0) is 0 Å². The van der Waals surface area contributed by atoms with Gasteiger partial charge in [0.2, 0.25) is 0 Å². The molecule has 1 aromatic heterocycles. The van der Waals surface area contributed by atoms with Crippen LogP contribution in [0.2, 0.25) is 0 Å². The first kappa shape index (κ1) is 11.8. The van der Waals surface area contributed by atoms with Gasteiger partial charge in [-0.25, -0.2) is 4.79 Å². The number of aliphatic hydroxyl groups excluding tert-OH is 1. The molecule has 1 aromatic carbocycles. The quantitative estimate of drug-likeness (QED) is 0.675. The number of rotatable bonds is 2. The van der Waals surface area contributed by atoms with Gasteiger partial charge in [0.15, 0.2) is 6.10 Å². The Bertz CT molecular complexity index is 727. The highest BCUT2D eigenvalue weighted by Gasteiger charge is 2.11. The average Bonchev–Trinajstić information content (AvgIpc) is 2.36. The van der Waals surface area contributed by atoms with E-state index in [9.17, 15) is 14.7 Å². The minimum atomic E-state index is -1.45. The topological polar surface area (TPSA) is 114 Å². The fourth-order valence-electron chi connectivity index (χ4n) is 1.64. The first-order valence-electron chi connectivity index (χ1n) is 5.01. The predicted octanol–water partition coefficient (Wildman–Crippen LogP) is 0.783. The van der Waals surface area contributed by atoms with Crippen LogP contribution in [0.25, 0.3) is 10.8 Å². The second kappa shape index (κ2) is 4.31. The lowest BCUT2D eigenvalue weighted by Gasteiger charge is -2.05.